The highest BCUT2D eigenvalue weighted by Gasteiger charge is 2.30. The number of pyridine rings is 1. The predicted molar refractivity (Wildman–Crippen MR) is 69.9 cm³/mol. The van der Waals surface area contributed by atoms with Gasteiger partial charge in [-0.15, -0.1) is 0 Å². The Kier molecular flexibility index (Phi) is 4.10. The Balaban J connectivity index is 2.15. The largest absolute Gasteiger partial charge is 0.393 e. The summed E-state index contributed by atoms with van der Waals surface area (Å²) in [5.74, 6) is -0.0301. The van der Waals surface area contributed by atoms with Crippen molar-refractivity contribution < 1.29 is 9.90 Å². The molecule has 1 saturated heterocycles. The standard InChI is InChI=1S/C12H14Cl2N2O2/c1-7(17)8-2-3-16(6-8)12(18)9-4-11(14)15-5-10(9)13/h4-5,7-8,17H,2-3,6H2,1H3. The molecule has 0 spiro atoms. The molecule has 1 fully saturated rings. The predicted octanol–water partition coefficient (Wildman–Crippen LogP) is 2.23. The molecule has 2 heterocycles. The first-order chi connectivity index (χ1) is 8.49. The molecule has 2 unspecified atom stereocenters. The van der Waals surface area contributed by atoms with E-state index in [0.717, 1.165) is 6.42 Å². The van der Waals surface area contributed by atoms with Crippen molar-refractivity contribution in [3.05, 3.63) is 28.0 Å². The Labute approximate surface area is 116 Å². The van der Waals surface area contributed by atoms with Crippen LogP contribution in [0.4, 0.5) is 0 Å². The van der Waals surface area contributed by atoms with Crippen LogP contribution in [-0.4, -0.2) is 40.1 Å². The number of aliphatic hydroxyl groups excluding tert-OH is 1. The minimum atomic E-state index is -0.403. The molecule has 1 aromatic heterocycles. The fraction of sp³-hybridized carbons (Fsp3) is 0.500. The molecule has 1 aliphatic rings. The fourth-order valence-corrected chi connectivity index (χ4v) is 2.46. The fourth-order valence-electron chi connectivity index (χ4n) is 2.11. The Bertz CT molecular complexity index is 465. The monoisotopic (exact) mass is 288 g/mol. The van der Waals surface area contributed by atoms with E-state index < -0.39 is 6.10 Å². The van der Waals surface area contributed by atoms with Gasteiger partial charge in [0.2, 0.25) is 0 Å². The molecule has 1 amide bonds. The number of likely N-dealkylation sites (tertiary alicyclic amines) is 1. The smallest absolute Gasteiger partial charge is 0.255 e. The molecule has 2 atom stereocenters. The molecule has 18 heavy (non-hydrogen) atoms. The van der Waals surface area contributed by atoms with E-state index in [-0.39, 0.29) is 17.0 Å². The van der Waals surface area contributed by atoms with Crippen molar-refractivity contribution in [2.45, 2.75) is 19.4 Å². The van der Waals surface area contributed by atoms with Gasteiger partial charge in [0.15, 0.2) is 0 Å². The number of hydrogen-bond acceptors (Lipinski definition) is 3. The minimum Gasteiger partial charge on any atom is -0.393 e. The van der Waals surface area contributed by atoms with Gasteiger partial charge in [0.05, 0.1) is 16.7 Å². The second kappa shape index (κ2) is 5.43. The van der Waals surface area contributed by atoms with Gasteiger partial charge in [0.25, 0.3) is 5.91 Å². The maximum Gasteiger partial charge on any atom is 0.255 e. The second-order valence-corrected chi connectivity index (χ2v) is 5.32. The van der Waals surface area contributed by atoms with Crippen LogP contribution in [0.5, 0.6) is 0 Å². The lowest BCUT2D eigenvalue weighted by Crippen LogP contribution is -2.30. The molecule has 1 N–H and O–H groups in total. The van der Waals surface area contributed by atoms with Gasteiger partial charge < -0.3 is 10.0 Å². The van der Waals surface area contributed by atoms with Crippen molar-refractivity contribution in [1.29, 1.82) is 0 Å². The van der Waals surface area contributed by atoms with Crippen LogP contribution in [0.25, 0.3) is 0 Å². The van der Waals surface area contributed by atoms with Crippen molar-refractivity contribution in [1.82, 2.24) is 9.88 Å². The molecular formula is C12H14Cl2N2O2. The molecular weight excluding hydrogens is 275 g/mol. The highest BCUT2D eigenvalue weighted by atomic mass is 35.5. The first-order valence-electron chi connectivity index (χ1n) is 5.77. The highest BCUT2D eigenvalue weighted by molar-refractivity contribution is 6.35. The summed E-state index contributed by atoms with van der Waals surface area (Å²) in [6.07, 6.45) is 1.78. The number of aromatic nitrogens is 1. The van der Waals surface area contributed by atoms with Gasteiger partial charge in [-0.2, -0.15) is 0 Å². The Morgan fingerprint density at radius 2 is 2.33 bits per heavy atom. The number of carbonyl (C=O) groups excluding carboxylic acids is 1. The van der Waals surface area contributed by atoms with Gasteiger partial charge in [-0.1, -0.05) is 23.2 Å². The zero-order chi connectivity index (χ0) is 13.3. The van der Waals surface area contributed by atoms with Crippen molar-refractivity contribution in [2.75, 3.05) is 13.1 Å². The Morgan fingerprint density at radius 3 is 2.94 bits per heavy atom. The van der Waals surface area contributed by atoms with E-state index in [1.807, 2.05) is 0 Å². The number of carbonyl (C=O) groups is 1. The van der Waals surface area contributed by atoms with E-state index in [0.29, 0.717) is 23.7 Å². The van der Waals surface area contributed by atoms with Crippen LogP contribution in [0.2, 0.25) is 10.2 Å². The number of halogens is 2. The van der Waals surface area contributed by atoms with Gasteiger partial charge in [-0.3, -0.25) is 4.79 Å². The lowest BCUT2D eigenvalue weighted by atomic mass is 10.0. The molecule has 0 aliphatic carbocycles. The van der Waals surface area contributed by atoms with Gasteiger partial charge >= 0.3 is 0 Å². The summed E-state index contributed by atoms with van der Waals surface area (Å²) in [5.41, 5.74) is 0.364. The van der Waals surface area contributed by atoms with Crippen molar-refractivity contribution >= 4 is 29.1 Å². The van der Waals surface area contributed by atoms with Crippen LogP contribution in [0.15, 0.2) is 12.3 Å². The van der Waals surface area contributed by atoms with E-state index in [4.69, 9.17) is 23.2 Å². The number of rotatable bonds is 2. The topological polar surface area (TPSA) is 53.4 Å². The quantitative estimate of drug-likeness (QED) is 0.849. The van der Waals surface area contributed by atoms with Crippen LogP contribution in [-0.2, 0) is 0 Å². The van der Waals surface area contributed by atoms with Gasteiger partial charge in [-0.05, 0) is 19.4 Å². The highest BCUT2D eigenvalue weighted by Crippen LogP contribution is 2.25. The van der Waals surface area contributed by atoms with Crippen LogP contribution in [0.1, 0.15) is 23.7 Å². The van der Waals surface area contributed by atoms with Crippen LogP contribution >= 0.6 is 23.2 Å². The first-order valence-corrected chi connectivity index (χ1v) is 6.53. The summed E-state index contributed by atoms with van der Waals surface area (Å²) < 4.78 is 0. The third-order valence-corrected chi connectivity index (χ3v) is 3.75. The molecule has 0 saturated carbocycles. The second-order valence-electron chi connectivity index (χ2n) is 4.53. The lowest BCUT2D eigenvalue weighted by Gasteiger charge is -2.18. The average Bonchev–Trinajstić information content (AvgIpc) is 2.81. The summed E-state index contributed by atoms with van der Waals surface area (Å²) in [5, 5.41) is 10.1. The minimum absolute atomic E-state index is 0.130. The van der Waals surface area contributed by atoms with Gasteiger partial charge in [0, 0.05) is 25.2 Å². The average molecular weight is 289 g/mol. The molecule has 0 radical (unpaired) electrons. The van der Waals surface area contributed by atoms with Crippen molar-refractivity contribution in [2.24, 2.45) is 5.92 Å². The third-order valence-electron chi connectivity index (χ3n) is 3.25. The van der Waals surface area contributed by atoms with Crippen LogP contribution in [0, 0.1) is 5.92 Å². The number of hydrogen-bond donors (Lipinski definition) is 1. The molecule has 2 rings (SSSR count). The zero-order valence-electron chi connectivity index (χ0n) is 9.94. The first kappa shape index (κ1) is 13.6. The number of aliphatic hydroxyl groups is 1. The molecule has 1 aromatic rings. The molecule has 0 bridgehead atoms. The summed E-state index contributed by atoms with van der Waals surface area (Å²) in [4.78, 5) is 17.8. The van der Waals surface area contributed by atoms with Crippen LogP contribution < -0.4 is 0 Å². The van der Waals surface area contributed by atoms with E-state index in [1.54, 1.807) is 11.8 Å². The maximum absolute atomic E-state index is 12.3. The summed E-state index contributed by atoms with van der Waals surface area (Å²) >= 11 is 11.7. The molecule has 98 valence electrons. The van der Waals surface area contributed by atoms with E-state index in [2.05, 4.69) is 4.98 Å². The number of nitrogens with zero attached hydrogens (tertiary/aromatic N) is 2. The summed E-state index contributed by atoms with van der Waals surface area (Å²) in [6, 6.07) is 1.47. The Morgan fingerprint density at radius 1 is 1.61 bits per heavy atom. The van der Waals surface area contributed by atoms with E-state index >= 15 is 0 Å². The summed E-state index contributed by atoms with van der Waals surface area (Å²) in [7, 11) is 0. The lowest BCUT2D eigenvalue weighted by molar-refractivity contribution is 0.0762. The summed E-state index contributed by atoms with van der Waals surface area (Å²) in [6.45, 7) is 2.92. The maximum atomic E-state index is 12.3. The van der Waals surface area contributed by atoms with E-state index in [1.165, 1.54) is 12.3 Å². The normalized spacial score (nSPS) is 21.1. The SMILES string of the molecule is CC(O)C1CCN(C(=O)c2cc(Cl)ncc2Cl)C1. The van der Waals surface area contributed by atoms with Gasteiger partial charge in [-0.25, -0.2) is 4.98 Å². The van der Waals surface area contributed by atoms with Crippen molar-refractivity contribution in [3.8, 4) is 0 Å². The molecule has 6 heteroatoms. The Hall–Kier alpha value is -0.840. The molecule has 4 nitrogen and oxygen atoms in total. The van der Waals surface area contributed by atoms with Crippen LogP contribution in [0.3, 0.4) is 0 Å². The molecule has 0 aromatic carbocycles. The zero-order valence-corrected chi connectivity index (χ0v) is 11.4. The number of amides is 1. The van der Waals surface area contributed by atoms with Crippen molar-refractivity contribution in [3.63, 3.8) is 0 Å². The van der Waals surface area contributed by atoms with E-state index in [9.17, 15) is 9.90 Å². The van der Waals surface area contributed by atoms with Gasteiger partial charge in [0.1, 0.15) is 5.15 Å². The third kappa shape index (κ3) is 2.76. The molecule has 1 aliphatic heterocycles.